The van der Waals surface area contributed by atoms with Gasteiger partial charge >= 0.3 is 0 Å². The molecule has 0 bridgehead atoms. The van der Waals surface area contributed by atoms with Crippen LogP contribution in [0.3, 0.4) is 0 Å². The van der Waals surface area contributed by atoms with Crippen LogP contribution < -0.4 is 5.32 Å². The zero-order valence-electron chi connectivity index (χ0n) is 10.4. The van der Waals surface area contributed by atoms with Gasteiger partial charge in [0, 0.05) is 29.7 Å². The minimum atomic E-state index is -3.23. The van der Waals surface area contributed by atoms with Crippen LogP contribution in [-0.2, 0) is 9.84 Å². The van der Waals surface area contributed by atoms with Gasteiger partial charge in [0.15, 0.2) is 9.84 Å². The first kappa shape index (κ1) is 15.1. The maximum Gasteiger partial charge on any atom is 0.252 e. The lowest BCUT2D eigenvalue weighted by molar-refractivity contribution is 0.0950. The molecule has 18 heavy (non-hydrogen) atoms. The minimum absolute atomic E-state index is 0.0528. The summed E-state index contributed by atoms with van der Waals surface area (Å²) in [5.74, 6) is -0.347. The van der Waals surface area contributed by atoms with Crippen molar-refractivity contribution in [2.24, 2.45) is 0 Å². The van der Waals surface area contributed by atoms with E-state index in [0.29, 0.717) is 10.0 Å². The summed E-state index contributed by atoms with van der Waals surface area (Å²) in [6.45, 7) is 3.20. The number of carbonyl (C=O) groups excluding carboxylic acids is 1. The van der Waals surface area contributed by atoms with E-state index >= 15 is 0 Å². The lowest BCUT2D eigenvalue weighted by Crippen LogP contribution is -2.43. The molecule has 0 fully saturated rings. The summed E-state index contributed by atoms with van der Waals surface area (Å²) in [6.07, 6.45) is 4.14. The topological polar surface area (TPSA) is 76.1 Å². The summed E-state index contributed by atoms with van der Waals surface area (Å²) < 4.78 is 22.7. The Morgan fingerprint density at radius 1 is 1.44 bits per heavy atom. The van der Waals surface area contributed by atoms with E-state index in [9.17, 15) is 13.2 Å². The normalized spacial score (nSPS) is 12.2. The van der Waals surface area contributed by atoms with Gasteiger partial charge in [-0.2, -0.15) is 0 Å². The fourth-order valence-corrected chi connectivity index (χ4v) is 1.76. The Kier molecular flexibility index (Phi) is 4.50. The summed E-state index contributed by atoms with van der Waals surface area (Å²) in [6, 6.07) is 1.62. The molecule has 1 aromatic heterocycles. The first-order valence-corrected chi connectivity index (χ1v) is 7.90. The Morgan fingerprint density at radius 2 is 2.06 bits per heavy atom. The van der Waals surface area contributed by atoms with Gasteiger partial charge in [0.1, 0.15) is 0 Å². The van der Waals surface area contributed by atoms with Crippen LogP contribution in [0.1, 0.15) is 24.2 Å². The van der Waals surface area contributed by atoms with Crippen molar-refractivity contribution in [2.45, 2.75) is 18.6 Å². The van der Waals surface area contributed by atoms with Crippen molar-refractivity contribution in [3.8, 4) is 0 Å². The highest BCUT2D eigenvalue weighted by Crippen LogP contribution is 2.14. The molecule has 5 nitrogen and oxygen atoms in total. The third kappa shape index (κ3) is 3.78. The van der Waals surface area contributed by atoms with E-state index in [1.807, 2.05) is 0 Å². The van der Waals surface area contributed by atoms with Crippen molar-refractivity contribution in [3.05, 3.63) is 28.5 Å². The number of aromatic nitrogens is 1. The van der Waals surface area contributed by atoms with Crippen molar-refractivity contribution >= 4 is 31.7 Å². The van der Waals surface area contributed by atoms with E-state index < -0.39 is 14.6 Å². The molecule has 1 N–H and O–H groups in total. The fraction of sp³-hybridized carbons (Fsp3) is 0.455. The van der Waals surface area contributed by atoms with Gasteiger partial charge in [-0.1, -0.05) is 0 Å². The molecule has 0 aliphatic rings. The Bertz CT molecular complexity index is 555. The standard InChI is InChI=1S/C11H15BrN2O3S/c1-11(2,18(3,16)17)7-14-10(15)8-4-9(12)6-13-5-8/h4-6H,7H2,1-3H3,(H,14,15). The number of pyridine rings is 1. The summed E-state index contributed by atoms with van der Waals surface area (Å²) in [4.78, 5) is 15.7. The molecule has 0 spiro atoms. The number of amides is 1. The summed E-state index contributed by atoms with van der Waals surface area (Å²) in [5.41, 5.74) is 0.383. The third-order valence-corrected chi connectivity index (χ3v) is 5.23. The molecule has 0 atom stereocenters. The maximum atomic E-state index is 11.8. The van der Waals surface area contributed by atoms with Crippen molar-refractivity contribution in [3.63, 3.8) is 0 Å². The highest BCUT2D eigenvalue weighted by Gasteiger charge is 2.30. The van der Waals surface area contributed by atoms with Crippen LogP contribution >= 0.6 is 15.9 Å². The van der Waals surface area contributed by atoms with E-state index in [1.165, 1.54) is 6.20 Å². The molecule has 1 amide bonds. The van der Waals surface area contributed by atoms with Crippen LogP contribution in [0.5, 0.6) is 0 Å². The molecule has 0 saturated heterocycles. The van der Waals surface area contributed by atoms with E-state index in [0.717, 1.165) is 6.26 Å². The molecule has 0 aromatic carbocycles. The van der Waals surface area contributed by atoms with E-state index in [2.05, 4.69) is 26.2 Å². The molecule has 1 rings (SSSR count). The van der Waals surface area contributed by atoms with Gasteiger partial charge in [-0.15, -0.1) is 0 Å². The number of nitrogens with one attached hydrogen (secondary N) is 1. The Balaban J connectivity index is 2.74. The number of hydrogen-bond donors (Lipinski definition) is 1. The highest BCUT2D eigenvalue weighted by molar-refractivity contribution is 9.10. The number of nitrogens with zero attached hydrogens (tertiary/aromatic N) is 1. The largest absolute Gasteiger partial charge is 0.350 e. The second kappa shape index (κ2) is 5.36. The van der Waals surface area contributed by atoms with Crippen LogP contribution in [0.15, 0.2) is 22.9 Å². The predicted octanol–water partition coefficient (Wildman–Crippen LogP) is 1.40. The molecule has 7 heteroatoms. The van der Waals surface area contributed by atoms with Gasteiger partial charge in [0.05, 0.1) is 10.3 Å². The highest BCUT2D eigenvalue weighted by atomic mass is 79.9. The van der Waals surface area contributed by atoms with Crippen LogP contribution in [0.25, 0.3) is 0 Å². The molecule has 0 saturated carbocycles. The van der Waals surface area contributed by atoms with Gasteiger partial charge in [-0.3, -0.25) is 9.78 Å². The first-order chi connectivity index (χ1) is 8.13. The van der Waals surface area contributed by atoms with Crippen LogP contribution in [-0.4, -0.2) is 36.9 Å². The van der Waals surface area contributed by atoms with E-state index in [4.69, 9.17) is 0 Å². The Hall–Kier alpha value is -0.950. The molecular weight excluding hydrogens is 320 g/mol. The first-order valence-electron chi connectivity index (χ1n) is 5.22. The van der Waals surface area contributed by atoms with Crippen molar-refractivity contribution in [1.82, 2.24) is 10.3 Å². The summed E-state index contributed by atoms with van der Waals surface area (Å²) >= 11 is 3.21. The summed E-state index contributed by atoms with van der Waals surface area (Å²) in [5, 5.41) is 2.59. The minimum Gasteiger partial charge on any atom is -0.350 e. The lowest BCUT2D eigenvalue weighted by Gasteiger charge is -2.22. The van der Waals surface area contributed by atoms with Crippen LogP contribution in [0.2, 0.25) is 0 Å². The summed E-state index contributed by atoms with van der Waals surface area (Å²) in [7, 11) is -3.23. The molecule has 0 radical (unpaired) electrons. The number of carbonyl (C=O) groups is 1. The third-order valence-electron chi connectivity index (χ3n) is 2.65. The van der Waals surface area contributed by atoms with Gasteiger partial charge in [0.2, 0.25) is 0 Å². The molecular formula is C11H15BrN2O3S. The van der Waals surface area contributed by atoms with Gasteiger partial charge < -0.3 is 5.32 Å². The number of halogens is 1. The van der Waals surface area contributed by atoms with E-state index in [-0.39, 0.29) is 12.5 Å². The Morgan fingerprint density at radius 3 is 2.56 bits per heavy atom. The van der Waals surface area contributed by atoms with Gasteiger partial charge in [-0.05, 0) is 35.8 Å². The maximum absolute atomic E-state index is 11.8. The number of rotatable bonds is 4. The van der Waals surface area contributed by atoms with Crippen molar-refractivity contribution < 1.29 is 13.2 Å². The van der Waals surface area contributed by atoms with Crippen LogP contribution in [0, 0.1) is 0 Å². The number of hydrogen-bond acceptors (Lipinski definition) is 4. The quantitative estimate of drug-likeness (QED) is 0.902. The predicted molar refractivity (Wildman–Crippen MR) is 73.2 cm³/mol. The second-order valence-corrected chi connectivity index (χ2v) is 8.17. The molecule has 0 aliphatic carbocycles. The SMILES string of the molecule is CC(C)(CNC(=O)c1cncc(Br)c1)S(C)(=O)=O. The molecule has 1 aromatic rings. The van der Waals surface area contributed by atoms with Gasteiger partial charge in [-0.25, -0.2) is 8.42 Å². The van der Waals surface area contributed by atoms with E-state index in [1.54, 1.807) is 26.1 Å². The number of sulfone groups is 1. The fourth-order valence-electron chi connectivity index (χ4n) is 1.06. The van der Waals surface area contributed by atoms with Crippen molar-refractivity contribution in [1.29, 1.82) is 0 Å². The second-order valence-electron chi connectivity index (χ2n) is 4.61. The molecule has 100 valence electrons. The molecule has 0 aliphatic heterocycles. The zero-order valence-corrected chi connectivity index (χ0v) is 12.8. The van der Waals surface area contributed by atoms with Crippen LogP contribution in [0.4, 0.5) is 0 Å². The van der Waals surface area contributed by atoms with Crippen molar-refractivity contribution in [2.75, 3.05) is 12.8 Å². The van der Waals surface area contributed by atoms with Gasteiger partial charge in [0.25, 0.3) is 5.91 Å². The molecule has 1 heterocycles. The average Bonchev–Trinajstić information content (AvgIpc) is 2.24. The monoisotopic (exact) mass is 334 g/mol. The smallest absolute Gasteiger partial charge is 0.252 e. The average molecular weight is 335 g/mol. The lowest BCUT2D eigenvalue weighted by atomic mass is 10.2. The zero-order chi connectivity index (χ0) is 14.0. The molecule has 0 unspecified atom stereocenters. The Labute approximate surface area is 115 Å².